The molecule has 21 heavy (non-hydrogen) atoms. The third-order valence-electron chi connectivity index (χ3n) is 6.78. The van der Waals surface area contributed by atoms with Crippen molar-refractivity contribution in [3.05, 3.63) is 0 Å². The molecule has 3 atom stereocenters. The van der Waals surface area contributed by atoms with Crippen LogP contribution in [-0.2, 0) is 4.79 Å². The van der Waals surface area contributed by atoms with Crippen LogP contribution < -0.4 is 5.32 Å². The molecular formula is C17H29ClN2O. The molecule has 0 aromatic carbocycles. The van der Waals surface area contributed by atoms with Gasteiger partial charge < -0.3 is 10.2 Å². The molecule has 0 aromatic rings. The van der Waals surface area contributed by atoms with Crippen molar-refractivity contribution in [1.82, 2.24) is 10.2 Å². The fraction of sp³-hybridized carbons (Fsp3) is 0.941. The first-order valence-corrected chi connectivity index (χ1v) is 8.73. The highest BCUT2D eigenvalue weighted by Crippen LogP contribution is 2.50. The Bertz CT molecular complexity index is 394. The number of fused-ring (bicyclic) bond motifs is 2. The van der Waals surface area contributed by atoms with Gasteiger partial charge in [0.25, 0.3) is 0 Å². The number of rotatable bonds is 2. The molecule has 2 heterocycles. The molecule has 2 bridgehead atoms. The minimum Gasteiger partial charge on any atom is -0.342 e. The van der Waals surface area contributed by atoms with Crippen LogP contribution in [0, 0.1) is 23.2 Å². The number of carbonyl (C=O) groups is 1. The second kappa shape index (κ2) is 6.08. The lowest BCUT2D eigenvalue weighted by atomic mass is 9.78. The van der Waals surface area contributed by atoms with Crippen molar-refractivity contribution in [2.45, 2.75) is 51.4 Å². The van der Waals surface area contributed by atoms with Crippen LogP contribution in [0.15, 0.2) is 0 Å². The third kappa shape index (κ3) is 2.96. The summed E-state index contributed by atoms with van der Waals surface area (Å²) >= 11 is 0. The predicted octanol–water partition coefficient (Wildman–Crippen LogP) is 2.84. The quantitative estimate of drug-likeness (QED) is 0.850. The minimum absolute atomic E-state index is 0. The summed E-state index contributed by atoms with van der Waals surface area (Å²) in [6.07, 6.45) is 10.3. The number of piperidine rings is 1. The van der Waals surface area contributed by atoms with Crippen molar-refractivity contribution in [3.8, 4) is 0 Å². The molecule has 3 unspecified atom stereocenters. The number of amides is 1. The molecule has 1 N–H and O–H groups in total. The van der Waals surface area contributed by atoms with Gasteiger partial charge in [0.2, 0.25) is 5.91 Å². The van der Waals surface area contributed by atoms with Crippen molar-refractivity contribution < 1.29 is 4.79 Å². The van der Waals surface area contributed by atoms with E-state index in [0.717, 1.165) is 50.4 Å². The first kappa shape index (κ1) is 15.6. The molecular weight excluding hydrogens is 284 g/mol. The van der Waals surface area contributed by atoms with Crippen LogP contribution in [0.4, 0.5) is 0 Å². The Balaban J connectivity index is 0.00000132. The highest BCUT2D eigenvalue weighted by Gasteiger charge is 2.43. The van der Waals surface area contributed by atoms with E-state index in [2.05, 4.69) is 10.2 Å². The number of hydrogen-bond donors (Lipinski definition) is 1. The zero-order valence-corrected chi connectivity index (χ0v) is 13.8. The van der Waals surface area contributed by atoms with Gasteiger partial charge in [0.1, 0.15) is 0 Å². The minimum atomic E-state index is 0. The van der Waals surface area contributed by atoms with Crippen LogP contribution in [0.25, 0.3) is 0 Å². The summed E-state index contributed by atoms with van der Waals surface area (Å²) in [5.41, 5.74) is 0.468. The van der Waals surface area contributed by atoms with E-state index in [-0.39, 0.29) is 12.4 Å². The Kier molecular flexibility index (Phi) is 4.52. The Morgan fingerprint density at radius 1 is 1.14 bits per heavy atom. The van der Waals surface area contributed by atoms with Crippen molar-refractivity contribution in [2.24, 2.45) is 23.2 Å². The van der Waals surface area contributed by atoms with Crippen molar-refractivity contribution in [1.29, 1.82) is 0 Å². The summed E-state index contributed by atoms with van der Waals surface area (Å²) < 4.78 is 0. The highest BCUT2D eigenvalue weighted by molar-refractivity contribution is 5.85. The van der Waals surface area contributed by atoms with Gasteiger partial charge in [-0.1, -0.05) is 6.42 Å². The Labute approximate surface area is 134 Å². The normalized spacial score (nSPS) is 37.0. The summed E-state index contributed by atoms with van der Waals surface area (Å²) in [6.45, 7) is 4.37. The van der Waals surface area contributed by atoms with E-state index in [0.29, 0.717) is 11.3 Å². The number of carbonyl (C=O) groups excluding carboxylic acids is 1. The summed E-state index contributed by atoms with van der Waals surface area (Å²) in [5.74, 6) is 3.05. The van der Waals surface area contributed by atoms with Crippen LogP contribution >= 0.6 is 12.4 Å². The van der Waals surface area contributed by atoms with Crippen LogP contribution in [-0.4, -0.2) is 37.0 Å². The first-order chi connectivity index (χ1) is 9.74. The number of halogens is 1. The molecule has 4 rings (SSSR count). The average Bonchev–Trinajstić information content (AvgIpc) is 3.15. The number of nitrogens with one attached hydrogen (secondary N) is 1. The Morgan fingerprint density at radius 2 is 1.95 bits per heavy atom. The lowest BCUT2D eigenvalue weighted by Crippen LogP contribution is -2.40. The molecule has 1 spiro atoms. The molecule has 3 nitrogen and oxygen atoms in total. The maximum Gasteiger partial charge on any atom is 0.222 e. The van der Waals surface area contributed by atoms with Crippen molar-refractivity contribution in [3.63, 3.8) is 0 Å². The fourth-order valence-corrected chi connectivity index (χ4v) is 5.49. The third-order valence-corrected chi connectivity index (χ3v) is 6.78. The predicted molar refractivity (Wildman–Crippen MR) is 86.5 cm³/mol. The summed E-state index contributed by atoms with van der Waals surface area (Å²) in [7, 11) is 0. The molecule has 2 aliphatic carbocycles. The second-order valence-corrected chi connectivity index (χ2v) is 7.95. The SMILES string of the molecule is Cl.O=C(CC1CC2CCC1C2)N1CCC2(CCNCC2)C1. The van der Waals surface area contributed by atoms with Gasteiger partial charge in [-0.05, 0) is 74.8 Å². The van der Waals surface area contributed by atoms with Gasteiger partial charge in [-0.2, -0.15) is 0 Å². The van der Waals surface area contributed by atoms with Gasteiger partial charge in [-0.25, -0.2) is 0 Å². The van der Waals surface area contributed by atoms with Crippen LogP contribution in [0.3, 0.4) is 0 Å². The van der Waals surface area contributed by atoms with E-state index in [1.807, 2.05) is 0 Å². The van der Waals surface area contributed by atoms with Gasteiger partial charge in [-0.3, -0.25) is 4.79 Å². The fourth-order valence-electron chi connectivity index (χ4n) is 5.49. The van der Waals surface area contributed by atoms with E-state index in [1.54, 1.807) is 0 Å². The van der Waals surface area contributed by atoms with Gasteiger partial charge in [0, 0.05) is 19.5 Å². The smallest absolute Gasteiger partial charge is 0.222 e. The summed E-state index contributed by atoms with van der Waals surface area (Å²) in [6, 6.07) is 0. The van der Waals surface area contributed by atoms with E-state index in [9.17, 15) is 4.79 Å². The first-order valence-electron chi connectivity index (χ1n) is 8.73. The largest absolute Gasteiger partial charge is 0.342 e. The standard InChI is InChI=1S/C17H28N2O.ClH/c20-16(11-15-10-13-1-2-14(15)9-13)19-8-5-17(12-19)3-6-18-7-4-17;/h13-15,18H,1-12H2;1H. The number of likely N-dealkylation sites (tertiary alicyclic amines) is 1. The molecule has 1 amide bonds. The molecule has 4 heteroatoms. The van der Waals surface area contributed by atoms with Crippen LogP contribution in [0.2, 0.25) is 0 Å². The molecule has 2 saturated carbocycles. The molecule has 4 aliphatic rings. The topological polar surface area (TPSA) is 32.3 Å². The van der Waals surface area contributed by atoms with Crippen molar-refractivity contribution >= 4 is 18.3 Å². The van der Waals surface area contributed by atoms with Gasteiger partial charge in [-0.15, -0.1) is 12.4 Å². The van der Waals surface area contributed by atoms with Crippen molar-refractivity contribution in [2.75, 3.05) is 26.2 Å². The zero-order valence-electron chi connectivity index (χ0n) is 13.0. The maximum atomic E-state index is 12.6. The molecule has 2 saturated heterocycles. The van der Waals surface area contributed by atoms with Gasteiger partial charge >= 0.3 is 0 Å². The van der Waals surface area contributed by atoms with Gasteiger partial charge in [0.15, 0.2) is 0 Å². The molecule has 0 aromatic heterocycles. The maximum absolute atomic E-state index is 12.6. The van der Waals surface area contributed by atoms with Crippen LogP contribution in [0.5, 0.6) is 0 Å². The monoisotopic (exact) mass is 312 g/mol. The Morgan fingerprint density at radius 3 is 2.62 bits per heavy atom. The van der Waals surface area contributed by atoms with E-state index in [4.69, 9.17) is 0 Å². The molecule has 2 aliphatic heterocycles. The second-order valence-electron chi connectivity index (χ2n) is 7.95. The lowest BCUT2D eigenvalue weighted by molar-refractivity contribution is -0.132. The van der Waals surface area contributed by atoms with E-state index >= 15 is 0 Å². The molecule has 4 fully saturated rings. The van der Waals surface area contributed by atoms with Gasteiger partial charge in [0.05, 0.1) is 0 Å². The zero-order chi connectivity index (χ0) is 13.6. The lowest BCUT2D eigenvalue weighted by Gasteiger charge is -2.34. The average molecular weight is 313 g/mol. The number of nitrogens with zero attached hydrogens (tertiary/aromatic N) is 1. The van der Waals surface area contributed by atoms with Crippen LogP contribution in [0.1, 0.15) is 51.4 Å². The molecule has 0 radical (unpaired) electrons. The molecule has 120 valence electrons. The highest BCUT2D eigenvalue weighted by atomic mass is 35.5. The number of hydrogen-bond acceptors (Lipinski definition) is 2. The van der Waals surface area contributed by atoms with E-state index < -0.39 is 0 Å². The Hall–Kier alpha value is -0.280. The van der Waals surface area contributed by atoms with E-state index in [1.165, 1.54) is 44.9 Å². The summed E-state index contributed by atoms with van der Waals surface area (Å²) in [4.78, 5) is 14.8. The summed E-state index contributed by atoms with van der Waals surface area (Å²) in [5, 5.41) is 3.45.